The van der Waals surface area contributed by atoms with Crippen molar-refractivity contribution in [2.24, 2.45) is 4.99 Å². The van der Waals surface area contributed by atoms with Gasteiger partial charge in [0.05, 0.1) is 24.6 Å². The second-order valence-electron chi connectivity index (χ2n) is 8.41. The number of phenols is 1. The van der Waals surface area contributed by atoms with E-state index in [1.807, 2.05) is 30.5 Å². The lowest BCUT2D eigenvalue weighted by molar-refractivity contribution is -0.116. The van der Waals surface area contributed by atoms with E-state index >= 15 is 0 Å². The molecule has 0 saturated carbocycles. The Balaban J connectivity index is 1.63. The molecule has 10 heteroatoms. The van der Waals surface area contributed by atoms with Gasteiger partial charge in [0, 0.05) is 26.7 Å². The number of thiophene rings is 1. The van der Waals surface area contributed by atoms with E-state index < -0.39 is 6.04 Å². The van der Waals surface area contributed by atoms with Gasteiger partial charge in [-0.1, -0.05) is 23.7 Å². The van der Waals surface area contributed by atoms with E-state index in [4.69, 9.17) is 16.6 Å². The Kier molecular flexibility index (Phi) is 6.31. The number of aromatic hydroxyl groups is 1. The van der Waals surface area contributed by atoms with Gasteiger partial charge in [0.2, 0.25) is 5.91 Å². The minimum Gasteiger partial charge on any atom is -0.508 e. The van der Waals surface area contributed by atoms with Crippen molar-refractivity contribution in [1.29, 1.82) is 5.26 Å². The maximum absolute atomic E-state index is 13.0. The second kappa shape index (κ2) is 9.57. The molecule has 3 heterocycles. The molecule has 1 aliphatic heterocycles. The molecule has 2 aromatic carbocycles. The van der Waals surface area contributed by atoms with Crippen LogP contribution in [0.5, 0.6) is 5.75 Å². The van der Waals surface area contributed by atoms with Crippen LogP contribution in [-0.4, -0.2) is 31.5 Å². The van der Waals surface area contributed by atoms with Gasteiger partial charge in [0.15, 0.2) is 5.82 Å². The van der Waals surface area contributed by atoms with Crippen molar-refractivity contribution in [3.05, 3.63) is 86.8 Å². The number of nitriles is 1. The number of hydrogen-bond donors (Lipinski definition) is 2. The molecule has 4 aromatic rings. The number of nitrogens with zero attached hydrogens (tertiary/aromatic N) is 5. The van der Waals surface area contributed by atoms with Crippen LogP contribution in [0.4, 0.5) is 5.69 Å². The standard InChI is InChI=1S/C26H21ClN6O2S/c1-14-21(11-12-28)36-26-23(14)24(16-3-5-17(27)6-4-16)30-20(25-32-31-15(2)33(25)26)13-22(35)29-18-7-9-19(34)10-8-18/h3-10,20,34H,11,13H2,1-2H3,(H,29,35)/t20-/m0/s1. The van der Waals surface area contributed by atoms with E-state index in [0.29, 0.717) is 28.1 Å². The number of halogens is 1. The fourth-order valence-electron chi connectivity index (χ4n) is 4.24. The first-order valence-electron chi connectivity index (χ1n) is 11.2. The van der Waals surface area contributed by atoms with Gasteiger partial charge in [-0.15, -0.1) is 21.5 Å². The summed E-state index contributed by atoms with van der Waals surface area (Å²) >= 11 is 7.67. The number of aliphatic imine (C=N–C) groups is 1. The van der Waals surface area contributed by atoms with Crippen molar-refractivity contribution in [3.8, 4) is 16.8 Å². The Morgan fingerprint density at radius 2 is 1.89 bits per heavy atom. The van der Waals surface area contributed by atoms with Crippen LogP contribution in [0.25, 0.3) is 5.00 Å². The summed E-state index contributed by atoms with van der Waals surface area (Å²) in [4.78, 5) is 19.1. The maximum atomic E-state index is 13.0. The summed E-state index contributed by atoms with van der Waals surface area (Å²) in [5.74, 6) is 1.11. The summed E-state index contributed by atoms with van der Waals surface area (Å²) in [5, 5.41) is 32.0. The SMILES string of the molecule is Cc1c(CC#N)sc2c1C(c1ccc(Cl)cc1)=N[C@@H](CC(=O)Nc1ccc(O)cc1)c1nnc(C)n1-2. The van der Waals surface area contributed by atoms with Gasteiger partial charge in [-0.2, -0.15) is 5.26 Å². The van der Waals surface area contributed by atoms with E-state index in [1.54, 1.807) is 24.3 Å². The average Bonchev–Trinajstić information content (AvgIpc) is 3.34. The molecule has 1 aliphatic rings. The Morgan fingerprint density at radius 1 is 1.17 bits per heavy atom. The van der Waals surface area contributed by atoms with E-state index in [0.717, 1.165) is 26.6 Å². The minimum absolute atomic E-state index is 0.0368. The number of anilines is 1. The number of amides is 1. The Morgan fingerprint density at radius 3 is 2.58 bits per heavy atom. The number of phenolic OH excluding ortho intramolecular Hbond substituents is 1. The molecule has 0 saturated heterocycles. The average molecular weight is 517 g/mol. The van der Waals surface area contributed by atoms with Crippen LogP contribution in [0.3, 0.4) is 0 Å². The predicted molar refractivity (Wildman–Crippen MR) is 139 cm³/mol. The number of fused-ring (bicyclic) bond motifs is 3. The third-order valence-electron chi connectivity index (χ3n) is 5.99. The molecular formula is C26H21ClN6O2S. The van der Waals surface area contributed by atoms with Crippen LogP contribution in [0.1, 0.15) is 45.7 Å². The molecule has 5 rings (SSSR count). The summed E-state index contributed by atoms with van der Waals surface area (Å²) < 4.78 is 1.94. The van der Waals surface area contributed by atoms with E-state index in [9.17, 15) is 15.2 Å². The van der Waals surface area contributed by atoms with Crippen LogP contribution in [0, 0.1) is 25.2 Å². The highest BCUT2D eigenvalue weighted by molar-refractivity contribution is 7.15. The predicted octanol–water partition coefficient (Wildman–Crippen LogP) is 5.29. The van der Waals surface area contributed by atoms with Crippen LogP contribution in [0.2, 0.25) is 5.02 Å². The van der Waals surface area contributed by atoms with Gasteiger partial charge in [-0.05, 0) is 55.8 Å². The van der Waals surface area contributed by atoms with Crippen LogP contribution < -0.4 is 5.32 Å². The molecule has 8 nitrogen and oxygen atoms in total. The monoisotopic (exact) mass is 516 g/mol. The number of carbonyl (C=O) groups excluding carboxylic acids is 1. The van der Waals surface area contributed by atoms with Crippen molar-refractivity contribution in [3.63, 3.8) is 0 Å². The van der Waals surface area contributed by atoms with Crippen molar-refractivity contribution >= 4 is 40.2 Å². The highest BCUT2D eigenvalue weighted by Gasteiger charge is 2.32. The lowest BCUT2D eigenvalue weighted by atomic mass is 9.99. The van der Waals surface area contributed by atoms with Crippen molar-refractivity contribution in [1.82, 2.24) is 14.8 Å². The first-order valence-corrected chi connectivity index (χ1v) is 12.4. The van der Waals surface area contributed by atoms with Crippen molar-refractivity contribution in [2.45, 2.75) is 32.7 Å². The Bertz CT molecular complexity index is 1530. The van der Waals surface area contributed by atoms with E-state index in [1.165, 1.54) is 23.5 Å². The molecule has 0 aliphatic carbocycles. The molecule has 0 bridgehead atoms. The first-order chi connectivity index (χ1) is 17.4. The quantitative estimate of drug-likeness (QED) is 0.349. The summed E-state index contributed by atoms with van der Waals surface area (Å²) in [7, 11) is 0. The molecule has 0 unspecified atom stereocenters. The fourth-order valence-corrected chi connectivity index (χ4v) is 5.66. The normalized spacial score (nSPS) is 14.3. The van der Waals surface area contributed by atoms with Gasteiger partial charge in [0.1, 0.15) is 22.6 Å². The van der Waals surface area contributed by atoms with E-state index in [2.05, 4.69) is 21.6 Å². The first kappa shape index (κ1) is 23.7. The Labute approximate surface area is 216 Å². The number of aryl methyl sites for hydroxylation is 1. The summed E-state index contributed by atoms with van der Waals surface area (Å²) in [6.07, 6.45) is 0.321. The second-order valence-corrected chi connectivity index (χ2v) is 9.93. The van der Waals surface area contributed by atoms with Gasteiger partial charge < -0.3 is 10.4 Å². The summed E-state index contributed by atoms with van der Waals surface area (Å²) in [5.41, 5.74) is 4.01. The van der Waals surface area contributed by atoms with Crippen LogP contribution >= 0.6 is 22.9 Å². The number of hydrogen-bond acceptors (Lipinski definition) is 7. The molecular weight excluding hydrogens is 496 g/mol. The molecule has 0 fully saturated rings. The number of nitrogens with one attached hydrogen (secondary N) is 1. The summed E-state index contributed by atoms with van der Waals surface area (Å²) in [6.45, 7) is 3.85. The lowest BCUT2D eigenvalue weighted by Gasteiger charge is -2.13. The molecule has 0 spiro atoms. The smallest absolute Gasteiger partial charge is 0.227 e. The highest BCUT2D eigenvalue weighted by atomic mass is 35.5. The molecule has 2 N–H and O–H groups in total. The molecule has 1 atom stereocenters. The minimum atomic E-state index is -0.604. The zero-order valence-corrected chi connectivity index (χ0v) is 21.1. The van der Waals surface area contributed by atoms with Crippen LogP contribution in [-0.2, 0) is 11.2 Å². The number of carbonyl (C=O) groups is 1. The third-order valence-corrected chi connectivity index (χ3v) is 7.52. The van der Waals surface area contributed by atoms with Crippen LogP contribution in [0.15, 0.2) is 53.5 Å². The zero-order valence-electron chi connectivity index (χ0n) is 19.5. The van der Waals surface area contributed by atoms with E-state index in [-0.39, 0.29) is 24.5 Å². The molecule has 0 radical (unpaired) electrons. The fraction of sp³-hybridized carbons (Fsp3) is 0.192. The molecule has 1 amide bonds. The molecule has 180 valence electrons. The molecule has 36 heavy (non-hydrogen) atoms. The van der Waals surface area contributed by atoms with Crippen molar-refractivity contribution < 1.29 is 9.90 Å². The largest absolute Gasteiger partial charge is 0.508 e. The Hall–Kier alpha value is -4.00. The number of benzene rings is 2. The topological polar surface area (TPSA) is 116 Å². The van der Waals surface area contributed by atoms with Gasteiger partial charge >= 0.3 is 0 Å². The van der Waals surface area contributed by atoms with Crippen molar-refractivity contribution in [2.75, 3.05) is 5.32 Å². The van der Waals surface area contributed by atoms with Gasteiger partial charge in [0.25, 0.3) is 0 Å². The number of rotatable bonds is 5. The zero-order chi connectivity index (χ0) is 25.4. The van der Waals surface area contributed by atoms with Gasteiger partial charge in [-0.25, -0.2) is 0 Å². The highest BCUT2D eigenvalue weighted by Crippen LogP contribution is 2.40. The maximum Gasteiger partial charge on any atom is 0.227 e. The number of aromatic nitrogens is 3. The van der Waals surface area contributed by atoms with Gasteiger partial charge in [-0.3, -0.25) is 14.4 Å². The lowest BCUT2D eigenvalue weighted by Crippen LogP contribution is -2.17. The molecule has 2 aromatic heterocycles. The summed E-state index contributed by atoms with van der Waals surface area (Å²) in [6, 6.07) is 15.3. The third kappa shape index (κ3) is 4.37.